The molecule has 0 bridgehead atoms. The quantitative estimate of drug-likeness (QED) is 0.570. The fourth-order valence-corrected chi connectivity index (χ4v) is 1.49. The maximum absolute atomic E-state index is 11.6. The first kappa shape index (κ1) is 16.7. The van der Waals surface area contributed by atoms with Crippen LogP contribution in [0.4, 0.5) is 0 Å². The number of esters is 2. The molecule has 0 aliphatic carbocycles. The Labute approximate surface area is 124 Å². The summed E-state index contributed by atoms with van der Waals surface area (Å²) < 4.78 is 10.1. The number of carbonyl (C=O) groups is 2. The van der Waals surface area contributed by atoms with Crippen LogP contribution in [0.25, 0.3) is 0 Å². The first-order valence-electron chi connectivity index (χ1n) is 6.87. The summed E-state index contributed by atoms with van der Waals surface area (Å²) in [6.45, 7) is 4.32. The van der Waals surface area contributed by atoms with Crippen LogP contribution in [-0.4, -0.2) is 18.5 Å². The highest BCUT2D eigenvalue weighted by Crippen LogP contribution is 2.13. The van der Waals surface area contributed by atoms with Gasteiger partial charge >= 0.3 is 11.9 Å². The molecule has 0 spiro atoms. The third kappa shape index (κ3) is 7.11. The Kier molecular flexibility index (Phi) is 6.96. The zero-order chi connectivity index (χ0) is 15.7. The number of hydrogen-bond acceptors (Lipinski definition) is 5. The lowest BCUT2D eigenvalue weighted by Gasteiger charge is -2.07. The number of rotatable bonds is 7. The van der Waals surface area contributed by atoms with E-state index in [-0.39, 0.29) is 18.8 Å². The minimum atomic E-state index is -0.406. The van der Waals surface area contributed by atoms with Crippen LogP contribution in [-0.2, 0) is 14.3 Å². The molecule has 21 heavy (non-hydrogen) atoms. The first-order valence-corrected chi connectivity index (χ1v) is 6.87. The van der Waals surface area contributed by atoms with Crippen LogP contribution >= 0.6 is 0 Å². The van der Waals surface area contributed by atoms with Crippen molar-refractivity contribution in [3.05, 3.63) is 29.8 Å². The van der Waals surface area contributed by atoms with E-state index in [2.05, 4.69) is 0 Å². The minimum absolute atomic E-state index is 0.150. The Bertz CT molecular complexity index is 514. The maximum Gasteiger partial charge on any atom is 0.311 e. The van der Waals surface area contributed by atoms with Crippen LogP contribution in [0.15, 0.2) is 24.3 Å². The fraction of sp³-hybridized carbons (Fsp3) is 0.438. The molecule has 0 saturated carbocycles. The Balaban J connectivity index is 2.24. The van der Waals surface area contributed by atoms with Gasteiger partial charge in [-0.25, -0.2) is 0 Å². The van der Waals surface area contributed by atoms with Gasteiger partial charge in [0.1, 0.15) is 5.75 Å². The molecule has 0 radical (unpaired) electrons. The molecule has 0 aliphatic heterocycles. The normalized spacial score (nSPS) is 10.0. The van der Waals surface area contributed by atoms with E-state index in [1.807, 2.05) is 19.9 Å². The fourth-order valence-electron chi connectivity index (χ4n) is 1.49. The Morgan fingerprint density at radius 2 is 1.76 bits per heavy atom. The van der Waals surface area contributed by atoms with E-state index in [1.165, 1.54) is 0 Å². The lowest BCUT2D eigenvalue weighted by molar-refractivity contribution is -0.145. The number of nitrogens with zero attached hydrogens (tertiary/aromatic N) is 1. The molecule has 0 N–H and O–H groups in total. The van der Waals surface area contributed by atoms with Crippen molar-refractivity contribution in [1.29, 1.82) is 5.26 Å². The molecular formula is C16H19NO4. The van der Waals surface area contributed by atoms with Gasteiger partial charge in [-0.05, 0) is 36.6 Å². The van der Waals surface area contributed by atoms with Gasteiger partial charge in [0.2, 0.25) is 0 Å². The van der Waals surface area contributed by atoms with E-state index in [0.717, 1.165) is 0 Å². The number of hydrogen-bond donors (Lipinski definition) is 0. The standard InChI is InChI=1S/C16H19NO4/c1-12(2)11-20-15(18)4-3-5-16(19)21-14-8-6-13(10-17)7-9-14/h6-9,12H,3-5,11H2,1-2H3. The predicted molar refractivity (Wildman–Crippen MR) is 76.4 cm³/mol. The van der Waals surface area contributed by atoms with Gasteiger partial charge in [0, 0.05) is 12.8 Å². The van der Waals surface area contributed by atoms with Crippen molar-refractivity contribution < 1.29 is 19.1 Å². The van der Waals surface area contributed by atoms with E-state index in [1.54, 1.807) is 24.3 Å². The van der Waals surface area contributed by atoms with Gasteiger partial charge in [0.15, 0.2) is 0 Å². The van der Waals surface area contributed by atoms with Crippen LogP contribution in [0.1, 0.15) is 38.7 Å². The van der Waals surface area contributed by atoms with E-state index in [0.29, 0.717) is 30.3 Å². The van der Waals surface area contributed by atoms with Crippen molar-refractivity contribution in [3.63, 3.8) is 0 Å². The second-order valence-corrected chi connectivity index (χ2v) is 5.04. The summed E-state index contributed by atoms with van der Waals surface area (Å²) in [6, 6.07) is 8.26. The molecule has 0 fully saturated rings. The van der Waals surface area contributed by atoms with Crippen molar-refractivity contribution in [2.45, 2.75) is 33.1 Å². The average Bonchev–Trinajstić information content (AvgIpc) is 2.46. The van der Waals surface area contributed by atoms with E-state index in [9.17, 15) is 9.59 Å². The summed E-state index contributed by atoms with van der Waals surface area (Å²) in [7, 11) is 0. The molecule has 5 heteroatoms. The van der Waals surface area contributed by atoms with Crippen molar-refractivity contribution in [1.82, 2.24) is 0 Å². The average molecular weight is 289 g/mol. The van der Waals surface area contributed by atoms with Crippen LogP contribution < -0.4 is 4.74 Å². The van der Waals surface area contributed by atoms with Crippen molar-refractivity contribution >= 4 is 11.9 Å². The predicted octanol–water partition coefficient (Wildman–Crippen LogP) is 2.83. The summed E-state index contributed by atoms with van der Waals surface area (Å²) in [4.78, 5) is 22.9. The van der Waals surface area contributed by atoms with Crippen molar-refractivity contribution in [2.75, 3.05) is 6.61 Å². The molecule has 0 atom stereocenters. The van der Waals surface area contributed by atoms with Gasteiger partial charge < -0.3 is 9.47 Å². The summed E-state index contributed by atoms with van der Waals surface area (Å²) in [5.74, 6) is -0.0112. The molecule has 0 heterocycles. The van der Waals surface area contributed by atoms with Crippen LogP contribution in [0.5, 0.6) is 5.75 Å². The zero-order valence-corrected chi connectivity index (χ0v) is 12.3. The van der Waals surface area contributed by atoms with Gasteiger partial charge in [0.05, 0.1) is 18.2 Å². The highest BCUT2D eigenvalue weighted by molar-refractivity contribution is 5.74. The van der Waals surface area contributed by atoms with Crippen LogP contribution in [0, 0.1) is 17.2 Å². The maximum atomic E-state index is 11.6. The molecular weight excluding hydrogens is 270 g/mol. The largest absolute Gasteiger partial charge is 0.465 e. The third-order valence-electron chi connectivity index (χ3n) is 2.55. The monoisotopic (exact) mass is 289 g/mol. The molecule has 0 aromatic heterocycles. The topological polar surface area (TPSA) is 76.4 Å². The minimum Gasteiger partial charge on any atom is -0.465 e. The molecule has 5 nitrogen and oxygen atoms in total. The summed E-state index contributed by atoms with van der Waals surface area (Å²) in [5.41, 5.74) is 0.502. The molecule has 0 unspecified atom stereocenters. The number of benzene rings is 1. The van der Waals surface area contributed by atoms with Crippen LogP contribution in [0.3, 0.4) is 0 Å². The zero-order valence-electron chi connectivity index (χ0n) is 12.3. The second-order valence-electron chi connectivity index (χ2n) is 5.04. The lowest BCUT2D eigenvalue weighted by atomic mass is 10.2. The van der Waals surface area contributed by atoms with Gasteiger partial charge in [-0.1, -0.05) is 13.8 Å². The molecule has 112 valence electrons. The summed E-state index contributed by atoms with van der Waals surface area (Å²) >= 11 is 0. The third-order valence-corrected chi connectivity index (χ3v) is 2.55. The number of carbonyl (C=O) groups excluding carboxylic acids is 2. The summed E-state index contributed by atoms with van der Waals surface area (Å²) in [5, 5.41) is 8.65. The van der Waals surface area contributed by atoms with E-state index in [4.69, 9.17) is 14.7 Å². The molecule has 1 rings (SSSR count). The van der Waals surface area contributed by atoms with Gasteiger partial charge in [-0.15, -0.1) is 0 Å². The summed E-state index contributed by atoms with van der Waals surface area (Å²) in [6.07, 6.45) is 0.748. The van der Waals surface area contributed by atoms with E-state index >= 15 is 0 Å². The molecule has 0 saturated heterocycles. The highest BCUT2D eigenvalue weighted by atomic mass is 16.5. The Hall–Kier alpha value is -2.35. The van der Waals surface area contributed by atoms with Crippen molar-refractivity contribution in [2.24, 2.45) is 5.92 Å². The number of ether oxygens (including phenoxy) is 2. The Morgan fingerprint density at radius 3 is 2.33 bits per heavy atom. The lowest BCUT2D eigenvalue weighted by Crippen LogP contribution is -2.12. The second kappa shape index (κ2) is 8.75. The van der Waals surface area contributed by atoms with E-state index < -0.39 is 5.97 Å². The van der Waals surface area contributed by atoms with Gasteiger partial charge in [0.25, 0.3) is 0 Å². The smallest absolute Gasteiger partial charge is 0.311 e. The first-order chi connectivity index (χ1) is 10.0. The molecule has 0 amide bonds. The van der Waals surface area contributed by atoms with Gasteiger partial charge in [-0.2, -0.15) is 5.26 Å². The molecule has 0 aliphatic rings. The Morgan fingerprint density at radius 1 is 1.14 bits per heavy atom. The number of nitriles is 1. The van der Waals surface area contributed by atoms with Gasteiger partial charge in [-0.3, -0.25) is 9.59 Å². The SMILES string of the molecule is CC(C)COC(=O)CCCC(=O)Oc1ccc(C#N)cc1. The van der Waals surface area contributed by atoms with Crippen LogP contribution in [0.2, 0.25) is 0 Å². The molecule has 1 aromatic carbocycles. The van der Waals surface area contributed by atoms with Crippen molar-refractivity contribution in [3.8, 4) is 11.8 Å². The highest BCUT2D eigenvalue weighted by Gasteiger charge is 2.09. The molecule has 1 aromatic rings.